The van der Waals surface area contributed by atoms with Crippen LogP contribution >= 0.6 is 134 Å². The first-order chi connectivity index (χ1) is 67.2. The molecule has 0 aliphatic heterocycles. The SMILES string of the molecule is BrCCOCCOCCOCCOc1ccc(-c2nc3c(-c4ccc(-c5ccccc5)s4)c4nsnc4c(-c4ccc(-c5c6nsnc6c(-c6ccc(-c7ccccc7)s6)c6nc(-c7ccc(OCCOCCOCCOCCBr)cc7)c(-c7ccc(OCCOCCOCCOCCBr)cc7)nc56)s4)c3nc2-c2ccc(OCCOCCOCCOCCBr)cc2)cc1.CCOC(=O)CS. The Morgan fingerprint density at radius 1 is 0.257 bits per heavy atom. The maximum absolute atomic E-state index is 10.1. The summed E-state index contributed by atoms with van der Waals surface area (Å²) in [5.74, 6) is 2.57. The molecule has 8 aromatic carbocycles. The molecule has 15 rings (SSSR count). The fourth-order valence-corrected chi connectivity index (χ4v) is 19.5. The Morgan fingerprint density at radius 2 is 0.471 bits per heavy atom. The zero-order valence-electron chi connectivity index (χ0n) is 74.9. The third kappa shape index (κ3) is 29.9. The van der Waals surface area contributed by atoms with Crippen LogP contribution in [-0.2, 0) is 66.4 Å². The minimum absolute atomic E-state index is 0.174. The van der Waals surface area contributed by atoms with Gasteiger partial charge in [-0.2, -0.15) is 30.1 Å². The van der Waals surface area contributed by atoms with Crippen LogP contribution < -0.4 is 18.9 Å². The highest BCUT2D eigenvalue weighted by atomic mass is 79.9. The minimum atomic E-state index is -0.258. The minimum Gasteiger partial charge on any atom is -0.491 e. The van der Waals surface area contributed by atoms with Crippen molar-refractivity contribution in [1.29, 1.82) is 0 Å². The maximum atomic E-state index is 10.1. The van der Waals surface area contributed by atoms with Crippen LogP contribution in [0.5, 0.6) is 23.0 Å². The highest BCUT2D eigenvalue weighted by molar-refractivity contribution is 9.09. The molecule has 36 heteroatoms. The molecular weight excluding hydrogens is 2110 g/mol. The van der Waals surface area contributed by atoms with Crippen molar-refractivity contribution >= 4 is 184 Å². The second-order valence-corrected chi connectivity index (χ2v) is 37.2. The van der Waals surface area contributed by atoms with Gasteiger partial charge in [-0.3, -0.25) is 4.79 Å². The summed E-state index contributed by atoms with van der Waals surface area (Å²) < 4.78 is 119. The zero-order chi connectivity index (χ0) is 93.9. The number of nitrogens with zero attached hydrogens (tertiary/aromatic N) is 8. The van der Waals surface area contributed by atoms with Crippen molar-refractivity contribution < 1.29 is 85.3 Å². The average molecular weight is 2220 g/mol. The van der Waals surface area contributed by atoms with Crippen LogP contribution in [0.2, 0.25) is 0 Å². The summed E-state index contributed by atoms with van der Waals surface area (Å²) in [6.45, 7) is 15.2. The van der Waals surface area contributed by atoms with Crippen molar-refractivity contribution in [3.63, 3.8) is 0 Å². The van der Waals surface area contributed by atoms with E-state index in [0.29, 0.717) is 282 Å². The molecule has 716 valence electrons. The Hall–Kier alpha value is -8.36. The molecule has 7 heterocycles. The van der Waals surface area contributed by atoms with Crippen LogP contribution in [0, 0.1) is 0 Å². The van der Waals surface area contributed by atoms with E-state index in [-0.39, 0.29) is 11.7 Å². The molecule has 0 bridgehead atoms. The second-order valence-electron chi connectivity index (χ2n) is 29.4. The Kier molecular flexibility index (Phi) is 43.7. The number of benzene rings is 8. The van der Waals surface area contributed by atoms with Gasteiger partial charge in [-0.1, -0.05) is 124 Å². The van der Waals surface area contributed by atoms with Gasteiger partial charge in [0.05, 0.1) is 217 Å². The van der Waals surface area contributed by atoms with E-state index >= 15 is 0 Å². The van der Waals surface area contributed by atoms with Gasteiger partial charge < -0.3 is 80.5 Å². The number of thiophene rings is 3. The van der Waals surface area contributed by atoms with Crippen molar-refractivity contribution in [1.82, 2.24) is 37.4 Å². The maximum Gasteiger partial charge on any atom is 0.315 e. The van der Waals surface area contributed by atoms with E-state index in [9.17, 15) is 4.79 Å². The van der Waals surface area contributed by atoms with Crippen LogP contribution in [-0.4, -0.2) is 262 Å². The van der Waals surface area contributed by atoms with Crippen molar-refractivity contribution in [2.24, 2.45) is 0 Å². The molecule has 136 heavy (non-hydrogen) atoms. The van der Waals surface area contributed by atoms with Crippen molar-refractivity contribution in [3.05, 3.63) is 194 Å². The lowest BCUT2D eigenvalue weighted by Crippen LogP contribution is -2.13. The number of hydrogen-bond acceptors (Lipinski definition) is 32. The van der Waals surface area contributed by atoms with Crippen molar-refractivity contribution in [2.45, 2.75) is 6.92 Å². The molecule has 0 saturated carbocycles. The van der Waals surface area contributed by atoms with Crippen LogP contribution in [0.4, 0.5) is 0 Å². The van der Waals surface area contributed by atoms with Gasteiger partial charge >= 0.3 is 5.97 Å². The Balaban J connectivity index is 0.00000203. The Morgan fingerprint density at radius 3 is 0.684 bits per heavy atom. The van der Waals surface area contributed by atoms with Gasteiger partial charge in [-0.05, 0) is 152 Å². The summed E-state index contributed by atoms with van der Waals surface area (Å²) in [4.78, 5) is 39.6. The van der Waals surface area contributed by atoms with Crippen LogP contribution in [0.1, 0.15) is 6.92 Å². The fraction of sp³-hybridized carbons (Fsp3) is 0.350. The normalized spacial score (nSPS) is 11.5. The summed E-state index contributed by atoms with van der Waals surface area (Å²) in [6, 6.07) is 65.6. The monoisotopic (exact) mass is 2210 g/mol. The molecule has 7 aromatic heterocycles. The number of ether oxygens (including phenoxy) is 17. The first-order valence-electron chi connectivity index (χ1n) is 44.5. The van der Waals surface area contributed by atoms with Crippen LogP contribution in [0.3, 0.4) is 0 Å². The predicted octanol–water partition coefficient (Wildman–Crippen LogP) is 22.2. The second kappa shape index (κ2) is 57.4. The van der Waals surface area contributed by atoms with E-state index in [1.807, 2.05) is 109 Å². The molecule has 0 saturated heterocycles. The van der Waals surface area contributed by atoms with E-state index in [1.54, 1.807) is 40.9 Å². The molecule has 0 spiro atoms. The average Bonchev–Trinajstić information content (AvgIpc) is 1.43. The molecule has 0 atom stereocenters. The first-order valence-corrected chi connectivity index (χ1v) is 53.5. The highest BCUT2D eigenvalue weighted by Gasteiger charge is 2.31. The smallest absolute Gasteiger partial charge is 0.315 e. The van der Waals surface area contributed by atoms with Gasteiger partial charge in [-0.25, -0.2) is 19.9 Å². The lowest BCUT2D eigenvalue weighted by atomic mass is 9.98. The van der Waals surface area contributed by atoms with E-state index < -0.39 is 0 Å². The number of esters is 1. The molecular formula is C100H104Br4N8O18S6. The fourth-order valence-electron chi connectivity index (χ4n) is 14.2. The van der Waals surface area contributed by atoms with E-state index in [2.05, 4.69) is 166 Å². The lowest BCUT2D eigenvalue weighted by Gasteiger charge is -2.16. The quantitative estimate of drug-likeness (QED) is 0.0160. The van der Waals surface area contributed by atoms with E-state index in [0.717, 1.165) is 130 Å². The number of fused-ring (bicyclic) bond motifs is 4. The molecule has 0 fully saturated rings. The number of hydrogen-bond donors (Lipinski definition) is 1. The molecule has 26 nitrogen and oxygen atoms in total. The Bertz CT molecular complexity index is 5760. The summed E-state index contributed by atoms with van der Waals surface area (Å²) in [5, 5.41) is 3.12. The third-order valence-corrected chi connectivity index (χ3v) is 26.4. The number of carbonyl (C=O) groups is 1. The van der Waals surface area contributed by atoms with Gasteiger partial charge in [0, 0.05) is 95.1 Å². The van der Waals surface area contributed by atoms with Gasteiger partial charge in [-0.15, -0.1) is 34.0 Å². The van der Waals surface area contributed by atoms with Gasteiger partial charge in [0.1, 0.15) is 93.6 Å². The first kappa shape index (κ1) is 103. The number of carbonyl (C=O) groups excluding carboxylic acids is 1. The van der Waals surface area contributed by atoms with E-state index in [1.165, 1.54) is 0 Å². The molecule has 0 aliphatic carbocycles. The van der Waals surface area contributed by atoms with Crippen LogP contribution in [0.15, 0.2) is 194 Å². The lowest BCUT2D eigenvalue weighted by molar-refractivity contribution is -0.139. The van der Waals surface area contributed by atoms with Crippen molar-refractivity contribution in [2.75, 3.05) is 219 Å². The zero-order valence-corrected chi connectivity index (χ0v) is 86.3. The number of halogens is 4. The summed E-state index contributed by atoms with van der Waals surface area (Å²) >= 11 is 24.5. The molecule has 0 amide bonds. The number of thiol groups is 1. The molecule has 0 N–H and O–H groups in total. The summed E-state index contributed by atoms with van der Waals surface area (Å²) in [7, 11) is 0. The third-order valence-electron chi connectivity index (χ3n) is 20.4. The standard InChI is InChI=1S/C96H96Br4N8O16S5.C4H8O2S/c97-33-37-109-41-45-113-49-53-117-57-61-121-71-19-11-67(12-20-71)85-87(69-15-23-73(24-16-69)123-63-59-119-55-51-115-47-43-111-39-35-99)103-91-83(95-93(105-128-107-95)81(89(91)101-85)77-29-27-75(125-77)65-7-3-1-4-8-65)79-31-32-80(127-79)84-92-90(82(94-96(84)108-129-106-94)78-30-28-76(126-78)66-9-5-2-6-10-66)102-86(68-13-21-72(22-14-68)122-62-58-118-54-50-114-46-42-110-38-34-98)88(104-92)70-17-25-74(26-18-70)124-64-60-120-56-52-116-48-44-112-40-36-100;1-2-6-4(5)3-7/h1-32H,33-64H2;7H,2-3H2,1H3. The summed E-state index contributed by atoms with van der Waals surface area (Å²) in [5.41, 5.74) is 16.3. The molecule has 0 radical (unpaired) electrons. The predicted molar refractivity (Wildman–Crippen MR) is 560 cm³/mol. The van der Waals surface area contributed by atoms with Gasteiger partial charge in [0.25, 0.3) is 0 Å². The highest BCUT2D eigenvalue weighted by Crippen LogP contribution is 2.52. The summed E-state index contributed by atoms with van der Waals surface area (Å²) in [6.07, 6.45) is 0. The van der Waals surface area contributed by atoms with Crippen molar-refractivity contribution in [3.8, 4) is 131 Å². The topological polar surface area (TPSA) is 277 Å². The van der Waals surface area contributed by atoms with Crippen LogP contribution in [0.25, 0.3) is 152 Å². The van der Waals surface area contributed by atoms with Gasteiger partial charge in [0.15, 0.2) is 0 Å². The molecule has 15 aromatic rings. The number of alkyl halides is 4. The van der Waals surface area contributed by atoms with Gasteiger partial charge in [0.2, 0.25) is 0 Å². The number of aromatic nitrogens is 8. The Labute approximate surface area is 849 Å². The molecule has 0 unspecified atom stereocenters. The van der Waals surface area contributed by atoms with E-state index in [4.69, 9.17) is 113 Å². The largest absolute Gasteiger partial charge is 0.491 e. The molecule has 0 aliphatic rings. The number of rotatable bonds is 60.